The van der Waals surface area contributed by atoms with E-state index in [0.29, 0.717) is 25.1 Å². The molecule has 1 aliphatic rings. The lowest BCUT2D eigenvalue weighted by molar-refractivity contribution is 0.0417. The number of rotatable bonds is 3. The van der Waals surface area contributed by atoms with Gasteiger partial charge in [-0.1, -0.05) is 29.8 Å². The maximum absolute atomic E-state index is 12.9. The predicted octanol–water partition coefficient (Wildman–Crippen LogP) is 3.53. The van der Waals surface area contributed by atoms with E-state index in [-0.39, 0.29) is 5.91 Å². The van der Waals surface area contributed by atoms with Crippen molar-refractivity contribution in [2.75, 3.05) is 13.1 Å². The topological polar surface area (TPSA) is 58.4 Å². The number of aryl methyl sites for hydroxylation is 3. The molecule has 1 fully saturated rings. The number of aliphatic hydroxyl groups is 1. The molecule has 4 rings (SSSR count). The van der Waals surface area contributed by atoms with Gasteiger partial charge >= 0.3 is 0 Å². The monoisotopic (exact) mass is 375 g/mol. The Labute approximate surface area is 165 Å². The Kier molecular flexibility index (Phi) is 4.55. The van der Waals surface area contributed by atoms with Crippen molar-refractivity contribution in [2.45, 2.75) is 32.8 Å². The van der Waals surface area contributed by atoms with Crippen LogP contribution in [-0.4, -0.2) is 38.8 Å². The van der Waals surface area contributed by atoms with Crippen molar-refractivity contribution < 1.29 is 9.90 Å². The van der Waals surface area contributed by atoms with Gasteiger partial charge in [0.15, 0.2) is 0 Å². The summed E-state index contributed by atoms with van der Waals surface area (Å²) in [6.07, 6.45) is 0.547. The molecule has 3 aromatic rings. The van der Waals surface area contributed by atoms with Crippen molar-refractivity contribution >= 4 is 5.91 Å². The van der Waals surface area contributed by atoms with Crippen LogP contribution < -0.4 is 0 Å². The molecule has 0 aliphatic carbocycles. The van der Waals surface area contributed by atoms with Crippen molar-refractivity contribution in [2.24, 2.45) is 0 Å². The summed E-state index contributed by atoms with van der Waals surface area (Å²) in [6, 6.07) is 17.4. The molecule has 0 radical (unpaired) electrons. The summed E-state index contributed by atoms with van der Waals surface area (Å²) >= 11 is 0. The van der Waals surface area contributed by atoms with Gasteiger partial charge in [-0.25, -0.2) is 4.68 Å². The first kappa shape index (κ1) is 18.4. The minimum Gasteiger partial charge on any atom is -0.383 e. The Balaban J connectivity index is 1.50. The molecule has 1 saturated heterocycles. The van der Waals surface area contributed by atoms with Gasteiger partial charge in [-0.3, -0.25) is 4.79 Å². The first-order valence-corrected chi connectivity index (χ1v) is 9.58. The summed E-state index contributed by atoms with van der Waals surface area (Å²) in [5.74, 6) is -0.0528. The standard InChI is InChI=1S/C23H25N3O2/c1-16-4-8-20(9-5-16)23(28)12-13-25(15-23)22(27)19-6-10-21(11-7-19)26-18(3)14-17(2)24-26/h4-11,14,28H,12-13,15H2,1-3H3/t23-/m1/s1. The van der Waals surface area contributed by atoms with Crippen LogP contribution in [0, 0.1) is 20.8 Å². The number of hydrogen-bond acceptors (Lipinski definition) is 3. The van der Waals surface area contributed by atoms with Crippen LogP contribution in [0.5, 0.6) is 0 Å². The summed E-state index contributed by atoms with van der Waals surface area (Å²) in [5, 5.41) is 15.5. The number of amides is 1. The molecule has 0 unspecified atom stereocenters. The van der Waals surface area contributed by atoms with E-state index in [1.54, 1.807) is 4.90 Å². The molecule has 2 aromatic carbocycles. The largest absolute Gasteiger partial charge is 0.383 e. The van der Waals surface area contributed by atoms with Crippen LogP contribution >= 0.6 is 0 Å². The molecule has 28 heavy (non-hydrogen) atoms. The van der Waals surface area contributed by atoms with Crippen LogP contribution in [0.2, 0.25) is 0 Å². The zero-order valence-corrected chi connectivity index (χ0v) is 16.5. The molecular formula is C23H25N3O2. The maximum atomic E-state index is 12.9. The Hall–Kier alpha value is -2.92. The van der Waals surface area contributed by atoms with Gasteiger partial charge < -0.3 is 10.0 Å². The van der Waals surface area contributed by atoms with E-state index >= 15 is 0 Å². The lowest BCUT2D eigenvalue weighted by Gasteiger charge is -2.24. The molecule has 2 heterocycles. The van der Waals surface area contributed by atoms with Crippen molar-refractivity contribution in [1.82, 2.24) is 14.7 Å². The minimum absolute atomic E-state index is 0.0528. The van der Waals surface area contributed by atoms with Crippen LogP contribution in [0.3, 0.4) is 0 Å². The van der Waals surface area contributed by atoms with Gasteiger partial charge in [0.25, 0.3) is 5.91 Å². The lowest BCUT2D eigenvalue weighted by atomic mass is 9.92. The lowest BCUT2D eigenvalue weighted by Crippen LogP contribution is -2.34. The molecule has 5 heteroatoms. The molecule has 1 atom stereocenters. The molecule has 0 spiro atoms. The molecule has 1 aliphatic heterocycles. The molecule has 1 amide bonds. The summed E-state index contributed by atoms with van der Waals surface area (Å²) in [7, 11) is 0. The number of carbonyl (C=O) groups is 1. The van der Waals surface area contributed by atoms with Crippen LogP contribution in [0.25, 0.3) is 5.69 Å². The van der Waals surface area contributed by atoms with Gasteiger partial charge in [-0.15, -0.1) is 0 Å². The van der Waals surface area contributed by atoms with Gasteiger partial charge in [0.1, 0.15) is 5.60 Å². The van der Waals surface area contributed by atoms with Crippen molar-refractivity contribution in [3.8, 4) is 5.69 Å². The quantitative estimate of drug-likeness (QED) is 0.762. The van der Waals surface area contributed by atoms with Crippen LogP contribution in [-0.2, 0) is 5.60 Å². The van der Waals surface area contributed by atoms with E-state index in [2.05, 4.69) is 5.10 Å². The SMILES string of the molecule is Cc1ccc([C@@]2(O)CCN(C(=O)c3ccc(-n4nc(C)cc4C)cc3)C2)cc1. The maximum Gasteiger partial charge on any atom is 0.253 e. The zero-order valence-electron chi connectivity index (χ0n) is 16.5. The molecule has 5 nitrogen and oxygen atoms in total. The molecule has 0 bridgehead atoms. The van der Waals surface area contributed by atoms with Gasteiger partial charge in [-0.05, 0) is 63.1 Å². The van der Waals surface area contributed by atoms with Crippen molar-refractivity contribution in [1.29, 1.82) is 0 Å². The molecule has 1 N–H and O–H groups in total. The highest BCUT2D eigenvalue weighted by molar-refractivity contribution is 5.94. The average molecular weight is 375 g/mol. The third-order valence-corrected chi connectivity index (χ3v) is 5.49. The second-order valence-electron chi connectivity index (χ2n) is 7.76. The normalized spacial score (nSPS) is 19.2. The third kappa shape index (κ3) is 3.34. The molecule has 144 valence electrons. The number of nitrogens with zero attached hydrogens (tertiary/aromatic N) is 3. The first-order chi connectivity index (χ1) is 13.4. The summed E-state index contributed by atoms with van der Waals surface area (Å²) in [6.45, 7) is 6.85. The first-order valence-electron chi connectivity index (χ1n) is 9.58. The van der Waals surface area contributed by atoms with E-state index in [1.165, 1.54) is 0 Å². The number of benzene rings is 2. The van der Waals surface area contributed by atoms with Gasteiger partial charge in [0.05, 0.1) is 17.9 Å². The third-order valence-electron chi connectivity index (χ3n) is 5.49. The molecule has 1 aromatic heterocycles. The summed E-state index contributed by atoms with van der Waals surface area (Å²) < 4.78 is 1.87. The Morgan fingerprint density at radius 3 is 2.32 bits per heavy atom. The van der Waals surface area contributed by atoms with E-state index in [1.807, 2.05) is 80.1 Å². The second kappa shape index (κ2) is 6.91. The number of likely N-dealkylation sites (tertiary alicyclic amines) is 1. The van der Waals surface area contributed by atoms with Crippen LogP contribution in [0.1, 0.15) is 39.3 Å². The zero-order chi connectivity index (χ0) is 19.9. The molecular weight excluding hydrogens is 350 g/mol. The fraction of sp³-hybridized carbons (Fsp3) is 0.304. The Morgan fingerprint density at radius 2 is 1.71 bits per heavy atom. The van der Waals surface area contributed by atoms with Crippen LogP contribution in [0.4, 0.5) is 0 Å². The average Bonchev–Trinajstić information content (AvgIpc) is 3.24. The smallest absolute Gasteiger partial charge is 0.253 e. The highest BCUT2D eigenvalue weighted by Crippen LogP contribution is 2.33. The fourth-order valence-electron chi connectivity index (χ4n) is 3.88. The van der Waals surface area contributed by atoms with Crippen molar-refractivity contribution in [3.63, 3.8) is 0 Å². The van der Waals surface area contributed by atoms with Gasteiger partial charge in [-0.2, -0.15) is 5.10 Å². The van der Waals surface area contributed by atoms with E-state index in [0.717, 1.165) is 28.2 Å². The summed E-state index contributed by atoms with van der Waals surface area (Å²) in [5.41, 5.74) is 4.62. The van der Waals surface area contributed by atoms with E-state index in [4.69, 9.17) is 0 Å². The number of β-amino-alcohol motifs (C(OH)–C–C–N with tert-alkyl or cyclic N) is 1. The van der Waals surface area contributed by atoms with Crippen LogP contribution in [0.15, 0.2) is 54.6 Å². The number of carbonyl (C=O) groups excluding carboxylic acids is 1. The van der Waals surface area contributed by atoms with E-state index < -0.39 is 5.60 Å². The number of aromatic nitrogens is 2. The highest BCUT2D eigenvalue weighted by Gasteiger charge is 2.39. The second-order valence-corrected chi connectivity index (χ2v) is 7.76. The van der Waals surface area contributed by atoms with Gasteiger partial charge in [0.2, 0.25) is 0 Å². The number of hydrogen-bond donors (Lipinski definition) is 1. The Bertz CT molecular complexity index is 1010. The fourth-order valence-corrected chi connectivity index (χ4v) is 3.88. The molecule has 0 saturated carbocycles. The van der Waals surface area contributed by atoms with E-state index in [9.17, 15) is 9.90 Å². The highest BCUT2D eigenvalue weighted by atomic mass is 16.3. The predicted molar refractivity (Wildman–Crippen MR) is 109 cm³/mol. The minimum atomic E-state index is -0.979. The van der Waals surface area contributed by atoms with Gasteiger partial charge in [0, 0.05) is 17.8 Å². The summed E-state index contributed by atoms with van der Waals surface area (Å²) in [4.78, 5) is 14.7. The van der Waals surface area contributed by atoms with Crippen molar-refractivity contribution in [3.05, 3.63) is 82.7 Å². The Morgan fingerprint density at radius 1 is 1.04 bits per heavy atom.